The van der Waals surface area contributed by atoms with Crippen molar-refractivity contribution >= 4 is 82.4 Å². The molecule has 2 aromatic heterocycles. The minimum atomic E-state index is 0.696. The van der Waals surface area contributed by atoms with Crippen LogP contribution < -0.4 is 4.90 Å². The van der Waals surface area contributed by atoms with E-state index in [2.05, 4.69) is 228 Å². The van der Waals surface area contributed by atoms with Crippen molar-refractivity contribution in [3.63, 3.8) is 0 Å². The summed E-state index contributed by atoms with van der Waals surface area (Å²) < 4.78 is 9.39. The van der Waals surface area contributed by atoms with Crippen LogP contribution in [0.3, 0.4) is 0 Å². The van der Waals surface area contributed by atoms with Crippen molar-refractivity contribution in [2.24, 2.45) is 0 Å². The number of nitrogens with zero attached hydrogens (tertiary/aromatic N) is 2. The Hall–Kier alpha value is -7.88. The minimum Gasteiger partial charge on any atom is -0.456 e. The molecule has 2 heterocycles. The first-order valence-electron chi connectivity index (χ1n) is 20.6. The standard InChI is InChI=1S/C57H38N2O/c1-3-14-38(15-4-1)40-26-30-46(31-27-40)58(47-32-28-39-16-7-8-18-42(39)35-47)48-36-44(55-54(37-48)60-53-33-29-41-17-9-10-22-49(41)56(53)55)34-43-19-13-24-51-50-23-11-12-25-52(50)59(57(43)51)45-20-5-2-6-21-45/h1-33,35-37H,34H2. The Labute approximate surface area is 347 Å². The summed E-state index contributed by atoms with van der Waals surface area (Å²) in [6, 6.07) is 78.9. The Morgan fingerprint density at radius 2 is 1.03 bits per heavy atom. The topological polar surface area (TPSA) is 21.3 Å². The molecule has 60 heavy (non-hydrogen) atoms. The Morgan fingerprint density at radius 1 is 0.383 bits per heavy atom. The molecule has 0 fully saturated rings. The lowest BCUT2D eigenvalue weighted by Gasteiger charge is -2.27. The van der Waals surface area contributed by atoms with Gasteiger partial charge in [0.1, 0.15) is 11.2 Å². The highest BCUT2D eigenvalue weighted by molar-refractivity contribution is 6.20. The number of para-hydroxylation sites is 3. The van der Waals surface area contributed by atoms with Gasteiger partial charge in [-0.15, -0.1) is 0 Å². The van der Waals surface area contributed by atoms with Gasteiger partial charge in [-0.1, -0.05) is 158 Å². The highest BCUT2D eigenvalue weighted by Gasteiger charge is 2.22. The average molecular weight is 767 g/mol. The summed E-state index contributed by atoms with van der Waals surface area (Å²) in [6.07, 6.45) is 0.696. The van der Waals surface area contributed by atoms with Crippen LogP contribution in [0.1, 0.15) is 11.1 Å². The van der Waals surface area contributed by atoms with Gasteiger partial charge in [0.25, 0.3) is 0 Å². The fourth-order valence-corrected chi connectivity index (χ4v) is 9.48. The van der Waals surface area contributed by atoms with E-state index in [4.69, 9.17) is 4.42 Å². The van der Waals surface area contributed by atoms with Crippen LogP contribution in [0.25, 0.3) is 82.1 Å². The van der Waals surface area contributed by atoms with E-state index in [-0.39, 0.29) is 0 Å². The highest BCUT2D eigenvalue weighted by atomic mass is 16.3. The Kier molecular flexibility index (Phi) is 7.92. The maximum absolute atomic E-state index is 6.95. The van der Waals surface area contributed by atoms with Crippen LogP contribution in [0.5, 0.6) is 0 Å². The van der Waals surface area contributed by atoms with Gasteiger partial charge in [0.15, 0.2) is 0 Å². The van der Waals surface area contributed by atoms with Gasteiger partial charge in [-0.05, 0) is 98.4 Å². The van der Waals surface area contributed by atoms with E-state index in [0.717, 1.165) is 44.7 Å². The van der Waals surface area contributed by atoms with Crippen LogP contribution in [-0.2, 0) is 6.42 Å². The average Bonchev–Trinajstić information content (AvgIpc) is 3.87. The number of furan rings is 1. The van der Waals surface area contributed by atoms with Crippen molar-refractivity contribution in [2.75, 3.05) is 4.90 Å². The Balaban J connectivity index is 1.13. The van der Waals surface area contributed by atoms with E-state index in [9.17, 15) is 0 Å². The molecule has 12 aromatic rings. The first-order chi connectivity index (χ1) is 29.7. The summed E-state index contributed by atoms with van der Waals surface area (Å²) >= 11 is 0. The smallest absolute Gasteiger partial charge is 0.137 e. The van der Waals surface area contributed by atoms with Crippen molar-refractivity contribution in [1.29, 1.82) is 0 Å². The van der Waals surface area contributed by atoms with Crippen LogP contribution in [0.4, 0.5) is 17.1 Å². The van der Waals surface area contributed by atoms with Gasteiger partial charge < -0.3 is 13.9 Å². The van der Waals surface area contributed by atoms with Gasteiger partial charge in [-0.25, -0.2) is 0 Å². The number of aromatic nitrogens is 1. The summed E-state index contributed by atoms with van der Waals surface area (Å²) in [5.41, 5.74) is 13.4. The maximum Gasteiger partial charge on any atom is 0.137 e. The fourth-order valence-electron chi connectivity index (χ4n) is 9.48. The number of benzene rings is 10. The zero-order chi connectivity index (χ0) is 39.6. The van der Waals surface area contributed by atoms with Crippen LogP contribution in [0.2, 0.25) is 0 Å². The normalized spacial score (nSPS) is 11.7. The molecule has 0 radical (unpaired) electrons. The zero-order valence-corrected chi connectivity index (χ0v) is 32.8. The predicted molar refractivity (Wildman–Crippen MR) is 252 cm³/mol. The molecule has 3 nitrogen and oxygen atoms in total. The summed E-state index contributed by atoms with van der Waals surface area (Å²) in [5.74, 6) is 0. The molecule has 10 aromatic carbocycles. The first-order valence-corrected chi connectivity index (χ1v) is 20.6. The summed E-state index contributed by atoms with van der Waals surface area (Å²) in [5, 5.41) is 9.61. The van der Waals surface area contributed by atoms with Crippen molar-refractivity contribution in [3.8, 4) is 16.8 Å². The van der Waals surface area contributed by atoms with E-state index in [1.165, 1.54) is 65.6 Å². The first kappa shape index (κ1) is 34.2. The van der Waals surface area contributed by atoms with Gasteiger partial charge in [0.05, 0.1) is 16.7 Å². The molecule has 0 N–H and O–H groups in total. The highest BCUT2D eigenvalue weighted by Crippen LogP contribution is 2.44. The molecule has 0 saturated carbocycles. The molecule has 0 unspecified atom stereocenters. The Morgan fingerprint density at radius 3 is 1.87 bits per heavy atom. The van der Waals surface area contributed by atoms with E-state index in [1.54, 1.807) is 0 Å². The molecule has 0 saturated heterocycles. The van der Waals surface area contributed by atoms with Crippen LogP contribution in [0, 0.1) is 0 Å². The lowest BCUT2D eigenvalue weighted by atomic mass is 9.95. The monoisotopic (exact) mass is 766 g/mol. The summed E-state index contributed by atoms with van der Waals surface area (Å²) in [7, 11) is 0. The van der Waals surface area contributed by atoms with Crippen molar-refractivity contribution < 1.29 is 4.42 Å². The second-order valence-electron chi connectivity index (χ2n) is 15.7. The van der Waals surface area contributed by atoms with Gasteiger partial charge in [-0.3, -0.25) is 0 Å². The number of rotatable bonds is 7. The van der Waals surface area contributed by atoms with E-state index in [1.807, 2.05) is 0 Å². The van der Waals surface area contributed by atoms with E-state index < -0.39 is 0 Å². The molecule has 12 rings (SSSR count). The van der Waals surface area contributed by atoms with Gasteiger partial charge in [0.2, 0.25) is 0 Å². The number of fused-ring (bicyclic) bond motifs is 9. The SMILES string of the molecule is c1ccc(-c2ccc(N(c3ccc4ccccc4c3)c3cc(Cc4cccc5c6ccccc6n(-c6ccccc6)c45)c4c(c3)oc3ccc5ccccc5c34)cc2)cc1. The third kappa shape index (κ3) is 5.59. The van der Waals surface area contributed by atoms with E-state index >= 15 is 0 Å². The largest absolute Gasteiger partial charge is 0.456 e. The quantitative estimate of drug-likeness (QED) is 0.161. The minimum absolute atomic E-state index is 0.696. The molecule has 0 bridgehead atoms. The third-order valence-corrected chi connectivity index (χ3v) is 12.2. The third-order valence-electron chi connectivity index (χ3n) is 12.2. The molecule has 3 heteroatoms. The van der Waals surface area contributed by atoms with E-state index in [0.29, 0.717) is 6.42 Å². The molecular formula is C57H38N2O. The Bertz CT molecular complexity index is 3560. The molecular weight excluding hydrogens is 729 g/mol. The number of hydrogen-bond donors (Lipinski definition) is 0. The number of hydrogen-bond acceptors (Lipinski definition) is 2. The molecule has 0 spiro atoms. The predicted octanol–water partition coefficient (Wildman–Crippen LogP) is 15.7. The summed E-state index contributed by atoms with van der Waals surface area (Å²) in [6.45, 7) is 0. The molecule has 0 aliphatic rings. The lowest BCUT2D eigenvalue weighted by Crippen LogP contribution is -2.10. The van der Waals surface area contributed by atoms with Gasteiger partial charge in [-0.2, -0.15) is 0 Å². The molecule has 282 valence electrons. The van der Waals surface area contributed by atoms with Crippen LogP contribution >= 0.6 is 0 Å². The molecule has 0 amide bonds. The van der Waals surface area contributed by atoms with Gasteiger partial charge in [0, 0.05) is 51.1 Å². The van der Waals surface area contributed by atoms with Gasteiger partial charge >= 0.3 is 0 Å². The lowest BCUT2D eigenvalue weighted by molar-refractivity contribution is 0.669. The van der Waals surface area contributed by atoms with Crippen LogP contribution in [-0.4, -0.2) is 4.57 Å². The molecule has 0 aliphatic heterocycles. The zero-order valence-electron chi connectivity index (χ0n) is 32.8. The maximum atomic E-state index is 6.95. The number of anilines is 3. The van der Waals surface area contributed by atoms with Crippen molar-refractivity contribution in [2.45, 2.75) is 6.42 Å². The molecule has 0 aliphatic carbocycles. The second-order valence-corrected chi connectivity index (χ2v) is 15.7. The van der Waals surface area contributed by atoms with Crippen molar-refractivity contribution in [3.05, 3.63) is 230 Å². The molecule has 0 atom stereocenters. The summed E-state index contributed by atoms with van der Waals surface area (Å²) in [4.78, 5) is 2.39. The van der Waals surface area contributed by atoms with Crippen molar-refractivity contribution in [1.82, 2.24) is 4.57 Å². The fraction of sp³-hybridized carbons (Fsp3) is 0.0175. The van der Waals surface area contributed by atoms with Crippen LogP contribution in [0.15, 0.2) is 223 Å². The second kappa shape index (κ2) is 13.9.